The van der Waals surface area contributed by atoms with Gasteiger partial charge in [-0.1, -0.05) is 42.5 Å². The van der Waals surface area contributed by atoms with Crippen molar-refractivity contribution in [2.45, 2.75) is 25.7 Å². The number of fused-ring (bicyclic) bond motifs is 1. The van der Waals surface area contributed by atoms with Gasteiger partial charge in [0.05, 0.1) is 0 Å². The molecule has 2 unspecified atom stereocenters. The number of likely N-dealkylation sites (tertiary alicyclic amines) is 1. The van der Waals surface area contributed by atoms with Crippen molar-refractivity contribution in [1.82, 2.24) is 4.90 Å². The van der Waals surface area contributed by atoms with Crippen molar-refractivity contribution in [2.75, 3.05) is 13.1 Å². The number of benzene rings is 1. The average molecular weight is 255 g/mol. The van der Waals surface area contributed by atoms with E-state index in [4.69, 9.17) is 0 Å². The zero-order chi connectivity index (χ0) is 13.1. The minimum atomic E-state index is 0.332. The van der Waals surface area contributed by atoms with Gasteiger partial charge in [-0.3, -0.25) is 4.79 Å². The Labute approximate surface area is 115 Å². The van der Waals surface area contributed by atoms with E-state index >= 15 is 0 Å². The highest BCUT2D eigenvalue weighted by atomic mass is 16.2. The fourth-order valence-electron chi connectivity index (χ4n) is 3.27. The summed E-state index contributed by atoms with van der Waals surface area (Å²) >= 11 is 0. The molecule has 0 bridgehead atoms. The van der Waals surface area contributed by atoms with E-state index in [0.29, 0.717) is 24.2 Å². The fourth-order valence-corrected chi connectivity index (χ4v) is 3.27. The van der Waals surface area contributed by atoms with Crippen LogP contribution in [0.1, 0.15) is 24.8 Å². The molecule has 0 aromatic heterocycles. The maximum atomic E-state index is 12.3. The molecule has 1 aliphatic carbocycles. The van der Waals surface area contributed by atoms with Crippen LogP contribution < -0.4 is 0 Å². The maximum absolute atomic E-state index is 12.3. The highest BCUT2D eigenvalue weighted by Gasteiger charge is 2.34. The molecule has 1 aromatic rings. The molecule has 1 fully saturated rings. The second kappa shape index (κ2) is 5.60. The summed E-state index contributed by atoms with van der Waals surface area (Å²) < 4.78 is 0. The summed E-state index contributed by atoms with van der Waals surface area (Å²) in [6, 6.07) is 10.3. The molecule has 2 nitrogen and oxygen atoms in total. The smallest absolute Gasteiger partial charge is 0.222 e. The molecule has 0 saturated carbocycles. The lowest BCUT2D eigenvalue weighted by molar-refractivity contribution is -0.130. The standard InChI is InChI=1S/C17H21NO/c19-17(11-10-14-6-2-1-3-7-14)18-12-15-8-4-5-9-16(15)13-18/h1-7,15-16H,8-13H2. The number of allylic oxidation sites excluding steroid dienone is 2. The lowest BCUT2D eigenvalue weighted by Crippen LogP contribution is -2.29. The third kappa shape index (κ3) is 2.89. The van der Waals surface area contributed by atoms with E-state index in [2.05, 4.69) is 29.2 Å². The summed E-state index contributed by atoms with van der Waals surface area (Å²) in [6.45, 7) is 1.95. The molecular formula is C17H21NO. The van der Waals surface area contributed by atoms with E-state index in [1.54, 1.807) is 0 Å². The van der Waals surface area contributed by atoms with Gasteiger partial charge in [0, 0.05) is 19.5 Å². The fraction of sp³-hybridized carbons (Fsp3) is 0.471. The van der Waals surface area contributed by atoms with Crippen LogP contribution in [0.3, 0.4) is 0 Å². The second-order valence-electron chi connectivity index (χ2n) is 5.75. The van der Waals surface area contributed by atoms with E-state index < -0.39 is 0 Å². The first-order valence-electron chi connectivity index (χ1n) is 7.29. The Bertz CT molecular complexity index is 449. The zero-order valence-corrected chi connectivity index (χ0v) is 11.3. The van der Waals surface area contributed by atoms with Crippen LogP contribution in [0.2, 0.25) is 0 Å². The molecule has 0 N–H and O–H groups in total. The van der Waals surface area contributed by atoms with Crippen LogP contribution >= 0.6 is 0 Å². The lowest BCUT2D eigenvalue weighted by atomic mass is 9.86. The Morgan fingerprint density at radius 2 is 1.68 bits per heavy atom. The molecule has 1 saturated heterocycles. The first-order chi connectivity index (χ1) is 9.33. The molecule has 0 spiro atoms. The van der Waals surface area contributed by atoms with Crippen molar-refractivity contribution in [1.29, 1.82) is 0 Å². The second-order valence-corrected chi connectivity index (χ2v) is 5.75. The Balaban J connectivity index is 1.52. The molecule has 1 aromatic carbocycles. The number of carbonyl (C=O) groups excluding carboxylic acids is 1. The van der Waals surface area contributed by atoms with Crippen LogP contribution in [-0.4, -0.2) is 23.9 Å². The van der Waals surface area contributed by atoms with Gasteiger partial charge in [0.2, 0.25) is 5.91 Å². The Kier molecular flexibility index (Phi) is 3.67. The summed E-state index contributed by atoms with van der Waals surface area (Å²) in [5, 5.41) is 0. The van der Waals surface area contributed by atoms with Crippen LogP contribution in [0.15, 0.2) is 42.5 Å². The van der Waals surface area contributed by atoms with Gasteiger partial charge in [0.1, 0.15) is 0 Å². The van der Waals surface area contributed by atoms with Crippen molar-refractivity contribution in [3.63, 3.8) is 0 Å². The number of nitrogens with zero attached hydrogens (tertiary/aromatic N) is 1. The first-order valence-corrected chi connectivity index (χ1v) is 7.29. The van der Waals surface area contributed by atoms with Gasteiger partial charge < -0.3 is 4.90 Å². The van der Waals surface area contributed by atoms with E-state index in [1.807, 2.05) is 18.2 Å². The van der Waals surface area contributed by atoms with E-state index in [0.717, 1.165) is 32.4 Å². The summed E-state index contributed by atoms with van der Waals surface area (Å²) in [5.41, 5.74) is 1.26. The molecule has 2 aliphatic rings. The molecule has 100 valence electrons. The van der Waals surface area contributed by atoms with E-state index in [-0.39, 0.29) is 0 Å². The first kappa shape index (κ1) is 12.5. The summed E-state index contributed by atoms with van der Waals surface area (Å²) in [7, 11) is 0. The van der Waals surface area contributed by atoms with Gasteiger partial charge in [-0.05, 0) is 36.7 Å². The van der Waals surface area contributed by atoms with Crippen molar-refractivity contribution in [2.24, 2.45) is 11.8 Å². The predicted octanol–water partition coefficient (Wildman–Crippen LogP) is 3.04. The Morgan fingerprint density at radius 3 is 2.32 bits per heavy atom. The summed E-state index contributed by atoms with van der Waals surface area (Å²) in [4.78, 5) is 14.4. The summed E-state index contributed by atoms with van der Waals surface area (Å²) in [6.07, 6.45) is 8.39. The zero-order valence-electron chi connectivity index (χ0n) is 11.3. The quantitative estimate of drug-likeness (QED) is 0.760. The topological polar surface area (TPSA) is 20.3 Å². The maximum Gasteiger partial charge on any atom is 0.222 e. The van der Waals surface area contributed by atoms with Gasteiger partial charge in [0.15, 0.2) is 0 Å². The predicted molar refractivity (Wildman–Crippen MR) is 76.7 cm³/mol. The van der Waals surface area contributed by atoms with Gasteiger partial charge >= 0.3 is 0 Å². The third-order valence-corrected chi connectivity index (χ3v) is 4.44. The van der Waals surface area contributed by atoms with Crippen molar-refractivity contribution in [3.05, 3.63) is 48.0 Å². The molecule has 1 amide bonds. The molecule has 0 radical (unpaired) electrons. The van der Waals surface area contributed by atoms with Crippen LogP contribution in [0.4, 0.5) is 0 Å². The van der Waals surface area contributed by atoms with Crippen molar-refractivity contribution >= 4 is 5.91 Å². The van der Waals surface area contributed by atoms with Gasteiger partial charge in [0.25, 0.3) is 0 Å². The van der Waals surface area contributed by atoms with E-state index in [1.165, 1.54) is 5.56 Å². The molecule has 19 heavy (non-hydrogen) atoms. The molecule has 2 atom stereocenters. The molecular weight excluding hydrogens is 234 g/mol. The average Bonchev–Trinajstić information content (AvgIpc) is 2.90. The summed E-state index contributed by atoms with van der Waals surface area (Å²) in [5.74, 6) is 1.76. The number of carbonyl (C=O) groups is 1. The number of amides is 1. The Morgan fingerprint density at radius 1 is 1.05 bits per heavy atom. The Hall–Kier alpha value is -1.57. The van der Waals surface area contributed by atoms with Gasteiger partial charge in [-0.25, -0.2) is 0 Å². The monoisotopic (exact) mass is 255 g/mol. The lowest BCUT2D eigenvalue weighted by Gasteiger charge is -2.17. The molecule has 1 aliphatic heterocycles. The normalized spacial score (nSPS) is 25.4. The molecule has 2 heteroatoms. The van der Waals surface area contributed by atoms with Crippen LogP contribution in [0, 0.1) is 11.8 Å². The number of hydrogen-bond donors (Lipinski definition) is 0. The van der Waals surface area contributed by atoms with Crippen molar-refractivity contribution < 1.29 is 4.79 Å². The van der Waals surface area contributed by atoms with Crippen LogP contribution in [0.5, 0.6) is 0 Å². The minimum Gasteiger partial charge on any atom is -0.342 e. The highest BCUT2D eigenvalue weighted by molar-refractivity contribution is 5.76. The largest absolute Gasteiger partial charge is 0.342 e. The number of aryl methyl sites for hydroxylation is 1. The minimum absolute atomic E-state index is 0.332. The van der Waals surface area contributed by atoms with Crippen molar-refractivity contribution in [3.8, 4) is 0 Å². The van der Waals surface area contributed by atoms with Crippen LogP contribution in [-0.2, 0) is 11.2 Å². The van der Waals surface area contributed by atoms with Gasteiger partial charge in [-0.15, -0.1) is 0 Å². The number of hydrogen-bond acceptors (Lipinski definition) is 1. The van der Waals surface area contributed by atoms with Gasteiger partial charge in [-0.2, -0.15) is 0 Å². The third-order valence-electron chi connectivity index (χ3n) is 4.44. The molecule has 1 heterocycles. The highest BCUT2D eigenvalue weighted by Crippen LogP contribution is 2.32. The number of rotatable bonds is 3. The van der Waals surface area contributed by atoms with Crippen LogP contribution in [0.25, 0.3) is 0 Å². The van der Waals surface area contributed by atoms with E-state index in [9.17, 15) is 4.79 Å². The SMILES string of the molecule is O=C(CCc1ccccc1)N1CC2CC=CCC2C1. The molecule has 3 rings (SSSR count).